The van der Waals surface area contributed by atoms with Crippen molar-refractivity contribution >= 4 is 28.5 Å². The fourth-order valence-electron chi connectivity index (χ4n) is 1.45. The number of hydrogen-bond acceptors (Lipinski definition) is 4. The standard InChI is InChI=1S/C12H11IN2O3/c1-7-4-9(18-15-7)6-14-12(17)10-5-8(13)2-3-11(10)16/h2-5,16H,6H2,1H3,(H,14,17). The van der Waals surface area contributed by atoms with Gasteiger partial charge in [-0.25, -0.2) is 0 Å². The van der Waals surface area contributed by atoms with Gasteiger partial charge in [-0.15, -0.1) is 0 Å². The lowest BCUT2D eigenvalue weighted by Gasteiger charge is -2.05. The van der Waals surface area contributed by atoms with Gasteiger partial charge in [-0.3, -0.25) is 4.79 Å². The third-order valence-corrected chi connectivity index (χ3v) is 2.97. The molecule has 2 rings (SSSR count). The second kappa shape index (κ2) is 5.38. The van der Waals surface area contributed by atoms with Crippen LogP contribution in [0, 0.1) is 10.5 Å². The van der Waals surface area contributed by atoms with Crippen LogP contribution in [-0.4, -0.2) is 16.2 Å². The Balaban J connectivity index is 2.05. The normalized spacial score (nSPS) is 10.3. The Morgan fingerprint density at radius 1 is 1.50 bits per heavy atom. The van der Waals surface area contributed by atoms with E-state index in [-0.39, 0.29) is 23.8 Å². The molecule has 0 atom stereocenters. The van der Waals surface area contributed by atoms with E-state index in [9.17, 15) is 9.90 Å². The van der Waals surface area contributed by atoms with Gasteiger partial charge < -0.3 is 14.9 Å². The van der Waals surface area contributed by atoms with Gasteiger partial charge in [-0.05, 0) is 47.7 Å². The summed E-state index contributed by atoms with van der Waals surface area (Å²) in [6.07, 6.45) is 0. The number of aromatic hydroxyl groups is 1. The minimum atomic E-state index is -0.347. The van der Waals surface area contributed by atoms with Gasteiger partial charge in [-0.2, -0.15) is 0 Å². The van der Waals surface area contributed by atoms with Gasteiger partial charge >= 0.3 is 0 Å². The lowest BCUT2D eigenvalue weighted by atomic mass is 10.2. The molecule has 0 aliphatic carbocycles. The third kappa shape index (κ3) is 3.00. The number of rotatable bonds is 3. The maximum atomic E-state index is 11.9. The number of carbonyl (C=O) groups is 1. The molecular formula is C12H11IN2O3. The Morgan fingerprint density at radius 3 is 2.94 bits per heavy atom. The molecule has 1 heterocycles. The highest BCUT2D eigenvalue weighted by Crippen LogP contribution is 2.19. The molecule has 0 fully saturated rings. The van der Waals surface area contributed by atoms with Crippen molar-refractivity contribution in [1.82, 2.24) is 10.5 Å². The molecule has 0 bridgehead atoms. The molecule has 1 aromatic heterocycles. The van der Waals surface area contributed by atoms with Gasteiger partial charge in [-0.1, -0.05) is 5.16 Å². The molecule has 18 heavy (non-hydrogen) atoms. The largest absolute Gasteiger partial charge is 0.507 e. The molecule has 0 radical (unpaired) electrons. The summed E-state index contributed by atoms with van der Waals surface area (Å²) in [7, 11) is 0. The van der Waals surface area contributed by atoms with Crippen LogP contribution >= 0.6 is 22.6 Å². The van der Waals surface area contributed by atoms with E-state index in [2.05, 4.69) is 33.1 Å². The highest BCUT2D eigenvalue weighted by atomic mass is 127. The molecule has 1 aromatic carbocycles. The van der Waals surface area contributed by atoms with Gasteiger partial charge in [0.1, 0.15) is 5.75 Å². The summed E-state index contributed by atoms with van der Waals surface area (Å²) in [6, 6.07) is 6.59. The Morgan fingerprint density at radius 2 is 2.28 bits per heavy atom. The SMILES string of the molecule is Cc1cc(CNC(=O)c2cc(I)ccc2O)on1. The number of halogens is 1. The van der Waals surface area contributed by atoms with Crippen LogP contribution in [-0.2, 0) is 6.54 Å². The van der Waals surface area contributed by atoms with Crippen LogP contribution in [0.5, 0.6) is 5.75 Å². The summed E-state index contributed by atoms with van der Waals surface area (Å²) in [5.74, 6) is 0.188. The maximum Gasteiger partial charge on any atom is 0.255 e. The van der Waals surface area contributed by atoms with Crippen LogP contribution in [0.3, 0.4) is 0 Å². The summed E-state index contributed by atoms with van der Waals surface area (Å²) in [6.45, 7) is 2.05. The number of nitrogens with zero attached hydrogens (tertiary/aromatic N) is 1. The van der Waals surface area contributed by atoms with Crippen molar-refractivity contribution in [2.75, 3.05) is 0 Å². The number of phenols is 1. The number of carbonyl (C=O) groups excluding carboxylic acids is 1. The molecule has 2 aromatic rings. The van der Waals surface area contributed by atoms with Crippen molar-refractivity contribution in [3.8, 4) is 5.75 Å². The minimum Gasteiger partial charge on any atom is -0.507 e. The van der Waals surface area contributed by atoms with Crippen LogP contribution in [0.4, 0.5) is 0 Å². The fraction of sp³-hybridized carbons (Fsp3) is 0.167. The summed E-state index contributed by atoms with van der Waals surface area (Å²) < 4.78 is 5.86. The van der Waals surface area contributed by atoms with E-state index in [1.165, 1.54) is 6.07 Å². The van der Waals surface area contributed by atoms with Gasteiger partial charge in [0.2, 0.25) is 0 Å². The Kier molecular flexibility index (Phi) is 3.85. The molecule has 0 saturated carbocycles. The van der Waals surface area contributed by atoms with Crippen LogP contribution in [0.1, 0.15) is 21.8 Å². The number of amides is 1. The molecular weight excluding hydrogens is 347 g/mol. The first-order valence-corrected chi connectivity index (χ1v) is 6.33. The van der Waals surface area contributed by atoms with Crippen LogP contribution in [0.2, 0.25) is 0 Å². The fourth-order valence-corrected chi connectivity index (χ4v) is 1.94. The highest BCUT2D eigenvalue weighted by molar-refractivity contribution is 14.1. The second-order valence-electron chi connectivity index (χ2n) is 3.78. The average Bonchev–Trinajstić information content (AvgIpc) is 2.75. The minimum absolute atomic E-state index is 0.0401. The van der Waals surface area contributed by atoms with Crippen LogP contribution in [0.15, 0.2) is 28.8 Å². The summed E-state index contributed by atoms with van der Waals surface area (Å²) >= 11 is 2.08. The predicted molar refractivity (Wildman–Crippen MR) is 73.2 cm³/mol. The van der Waals surface area contributed by atoms with Crippen molar-refractivity contribution < 1.29 is 14.4 Å². The second-order valence-corrected chi connectivity index (χ2v) is 5.02. The van der Waals surface area contributed by atoms with Gasteiger partial charge in [0.25, 0.3) is 5.91 Å². The zero-order chi connectivity index (χ0) is 13.1. The Labute approximate surface area is 117 Å². The molecule has 5 nitrogen and oxygen atoms in total. The zero-order valence-corrected chi connectivity index (χ0v) is 11.8. The molecule has 94 valence electrons. The molecule has 2 N–H and O–H groups in total. The zero-order valence-electron chi connectivity index (χ0n) is 9.61. The van der Waals surface area contributed by atoms with Crippen molar-refractivity contribution in [2.24, 2.45) is 0 Å². The predicted octanol–water partition coefficient (Wildman–Crippen LogP) is 2.22. The van der Waals surface area contributed by atoms with Gasteiger partial charge in [0.05, 0.1) is 17.8 Å². The monoisotopic (exact) mass is 358 g/mol. The number of nitrogens with one attached hydrogen (secondary N) is 1. The van der Waals surface area contributed by atoms with E-state index >= 15 is 0 Å². The van der Waals surface area contributed by atoms with E-state index in [0.29, 0.717) is 5.76 Å². The maximum absolute atomic E-state index is 11.9. The summed E-state index contributed by atoms with van der Waals surface area (Å²) in [5.41, 5.74) is 1.01. The first-order chi connectivity index (χ1) is 8.56. The molecule has 0 saturated heterocycles. The van der Waals surface area contributed by atoms with E-state index in [0.717, 1.165) is 9.26 Å². The number of aryl methyl sites for hydroxylation is 1. The van der Waals surface area contributed by atoms with Crippen molar-refractivity contribution in [3.05, 3.63) is 44.9 Å². The molecule has 0 spiro atoms. The number of hydrogen-bond donors (Lipinski definition) is 2. The molecule has 0 aliphatic rings. The lowest BCUT2D eigenvalue weighted by Crippen LogP contribution is -2.22. The van der Waals surface area contributed by atoms with Crippen LogP contribution in [0.25, 0.3) is 0 Å². The summed E-state index contributed by atoms with van der Waals surface area (Å²) in [5, 5.41) is 16.0. The van der Waals surface area contributed by atoms with E-state index in [1.54, 1.807) is 25.1 Å². The topological polar surface area (TPSA) is 75.4 Å². The number of aromatic nitrogens is 1. The van der Waals surface area contributed by atoms with Gasteiger partial charge in [0, 0.05) is 9.64 Å². The lowest BCUT2D eigenvalue weighted by molar-refractivity contribution is 0.0944. The van der Waals surface area contributed by atoms with E-state index in [4.69, 9.17) is 4.52 Å². The number of benzene rings is 1. The highest BCUT2D eigenvalue weighted by Gasteiger charge is 2.12. The number of phenolic OH excluding ortho intramolecular Hbond substituents is 1. The molecule has 1 amide bonds. The first kappa shape index (κ1) is 12.9. The Hall–Kier alpha value is -1.57. The molecule has 6 heteroatoms. The van der Waals surface area contributed by atoms with Crippen molar-refractivity contribution in [2.45, 2.75) is 13.5 Å². The Bertz CT molecular complexity index is 580. The first-order valence-electron chi connectivity index (χ1n) is 5.25. The van der Waals surface area contributed by atoms with Crippen LogP contribution < -0.4 is 5.32 Å². The van der Waals surface area contributed by atoms with Crippen molar-refractivity contribution in [1.29, 1.82) is 0 Å². The van der Waals surface area contributed by atoms with E-state index < -0.39 is 0 Å². The average molecular weight is 358 g/mol. The smallest absolute Gasteiger partial charge is 0.255 e. The molecule has 0 unspecified atom stereocenters. The summed E-state index contributed by atoms with van der Waals surface area (Å²) in [4.78, 5) is 11.9. The molecule has 0 aliphatic heterocycles. The van der Waals surface area contributed by atoms with Crippen molar-refractivity contribution in [3.63, 3.8) is 0 Å². The quantitative estimate of drug-likeness (QED) is 0.826. The van der Waals surface area contributed by atoms with Gasteiger partial charge in [0.15, 0.2) is 5.76 Å². The third-order valence-electron chi connectivity index (χ3n) is 2.30. The van der Waals surface area contributed by atoms with E-state index in [1.807, 2.05) is 0 Å².